The zero-order chi connectivity index (χ0) is 24.5. The third-order valence-corrected chi connectivity index (χ3v) is 6.36. The maximum atomic E-state index is 13.9. The Hall–Kier alpha value is -4.96. The normalized spacial score (nSPS) is 11.0. The first-order chi connectivity index (χ1) is 17.7. The molecule has 0 aromatic heterocycles. The standard InChI is InChI=1S/C32H22N2O2/c35-31-29(33(25-14-4-1-5-15-25)26-16-6-2-7-17-26)32(36)30(31)34(27-18-8-3-9-19-27)28-21-20-23-12-10-11-13-24(23)22-28/h1-22H/p+1. The number of fused-ring (bicyclic) bond motifs is 1. The van der Waals surface area contributed by atoms with Gasteiger partial charge in [-0.25, -0.2) is 0 Å². The van der Waals surface area contributed by atoms with E-state index in [1.54, 1.807) is 0 Å². The minimum atomic E-state index is -0.225. The minimum Gasteiger partial charge on any atom is -0.501 e. The van der Waals surface area contributed by atoms with E-state index in [4.69, 9.17) is 0 Å². The molecule has 0 fully saturated rings. The Bertz CT molecular complexity index is 1710. The molecule has 0 bridgehead atoms. The Morgan fingerprint density at radius 1 is 0.556 bits per heavy atom. The summed E-state index contributed by atoms with van der Waals surface area (Å²) in [5, 5.41) is 13.9. The Labute approximate surface area is 208 Å². The van der Waals surface area contributed by atoms with Crippen LogP contribution in [0.25, 0.3) is 10.8 Å². The van der Waals surface area contributed by atoms with E-state index in [2.05, 4.69) is 6.07 Å². The van der Waals surface area contributed by atoms with Crippen LogP contribution in [0.1, 0.15) is 0 Å². The molecule has 0 heterocycles. The molecule has 36 heavy (non-hydrogen) atoms. The van der Waals surface area contributed by atoms with Crippen molar-refractivity contribution in [1.82, 2.24) is 4.58 Å². The molecule has 0 aliphatic carbocycles. The van der Waals surface area contributed by atoms with Gasteiger partial charge in [-0.15, -0.1) is 4.58 Å². The van der Waals surface area contributed by atoms with E-state index in [1.807, 2.05) is 137 Å². The van der Waals surface area contributed by atoms with Gasteiger partial charge in [0, 0.05) is 35.6 Å². The van der Waals surface area contributed by atoms with Gasteiger partial charge in [0.15, 0.2) is 5.69 Å². The second-order valence-electron chi connectivity index (χ2n) is 8.58. The van der Waals surface area contributed by atoms with Crippen LogP contribution in [0, 0.1) is 0 Å². The van der Waals surface area contributed by atoms with E-state index in [0.717, 1.165) is 33.5 Å². The number of anilines is 3. The lowest BCUT2D eigenvalue weighted by Gasteiger charge is -2.26. The Morgan fingerprint density at radius 3 is 1.67 bits per heavy atom. The summed E-state index contributed by atoms with van der Waals surface area (Å²) in [5.74, 6) is -0.0373. The SMILES string of the molecule is O=c1c(N(c2ccccc2)c2ccc3ccccc3c2)c(O)c1=[N+](c1ccccc1)c1ccccc1. The van der Waals surface area contributed by atoms with Crippen molar-refractivity contribution in [1.29, 1.82) is 0 Å². The fraction of sp³-hybridized carbons (Fsp3) is 0. The quantitative estimate of drug-likeness (QED) is 0.287. The van der Waals surface area contributed by atoms with Gasteiger partial charge in [0.25, 0.3) is 5.43 Å². The molecule has 0 radical (unpaired) electrons. The summed E-state index contributed by atoms with van der Waals surface area (Å²) < 4.78 is 1.81. The Kier molecular flexibility index (Phi) is 5.39. The summed E-state index contributed by atoms with van der Waals surface area (Å²) in [5.41, 5.74) is 3.23. The van der Waals surface area contributed by atoms with Crippen LogP contribution < -0.4 is 20.3 Å². The predicted octanol–water partition coefficient (Wildman–Crippen LogP) is 6.69. The average Bonchev–Trinajstić information content (AvgIpc) is 2.95. The average molecular weight is 468 g/mol. The predicted molar refractivity (Wildman–Crippen MR) is 146 cm³/mol. The molecule has 6 aromatic carbocycles. The highest BCUT2D eigenvalue weighted by Crippen LogP contribution is 2.38. The largest absolute Gasteiger partial charge is 0.501 e. The highest BCUT2D eigenvalue weighted by atomic mass is 16.3. The van der Waals surface area contributed by atoms with Crippen LogP contribution in [-0.4, -0.2) is 5.11 Å². The number of rotatable bonds is 5. The van der Waals surface area contributed by atoms with Crippen LogP contribution in [0.15, 0.2) is 138 Å². The smallest absolute Gasteiger partial charge is 0.306 e. The molecule has 4 heteroatoms. The van der Waals surface area contributed by atoms with E-state index in [-0.39, 0.29) is 22.2 Å². The lowest BCUT2D eigenvalue weighted by atomic mass is 10.1. The molecule has 6 aromatic rings. The molecule has 0 atom stereocenters. The molecule has 6 rings (SSSR count). The number of benzene rings is 5. The van der Waals surface area contributed by atoms with Crippen molar-refractivity contribution in [3.05, 3.63) is 149 Å². The number of para-hydroxylation sites is 3. The second-order valence-corrected chi connectivity index (χ2v) is 8.58. The lowest BCUT2D eigenvalue weighted by molar-refractivity contribution is 0.458. The van der Waals surface area contributed by atoms with Crippen molar-refractivity contribution < 1.29 is 5.11 Å². The molecule has 172 valence electrons. The van der Waals surface area contributed by atoms with Gasteiger partial charge in [-0.05, 0) is 35.0 Å². The molecule has 0 spiro atoms. The molecule has 1 N–H and O–H groups in total. The summed E-state index contributed by atoms with van der Waals surface area (Å²) in [6.07, 6.45) is 0. The van der Waals surface area contributed by atoms with Gasteiger partial charge in [-0.3, -0.25) is 4.79 Å². The molecule has 0 saturated heterocycles. The first kappa shape index (κ1) is 21.6. The summed E-state index contributed by atoms with van der Waals surface area (Å²) in [6, 6.07) is 43.1. The van der Waals surface area contributed by atoms with Crippen LogP contribution in [-0.2, 0) is 0 Å². The van der Waals surface area contributed by atoms with Gasteiger partial charge in [0.1, 0.15) is 0 Å². The maximum absolute atomic E-state index is 13.9. The van der Waals surface area contributed by atoms with E-state index in [9.17, 15) is 9.90 Å². The maximum Gasteiger partial charge on any atom is 0.306 e. The van der Waals surface area contributed by atoms with Gasteiger partial charge in [0.2, 0.25) is 17.1 Å². The van der Waals surface area contributed by atoms with Crippen molar-refractivity contribution in [2.45, 2.75) is 0 Å². The van der Waals surface area contributed by atoms with Gasteiger partial charge in [-0.2, -0.15) is 0 Å². The zero-order valence-electron chi connectivity index (χ0n) is 19.5. The van der Waals surface area contributed by atoms with Crippen LogP contribution >= 0.6 is 0 Å². The first-order valence-electron chi connectivity index (χ1n) is 11.8. The Balaban J connectivity index is 1.61. The van der Waals surface area contributed by atoms with Gasteiger partial charge in [0.05, 0.1) is 0 Å². The molecule has 0 saturated carbocycles. The number of hydrogen-bond donors (Lipinski definition) is 1. The first-order valence-corrected chi connectivity index (χ1v) is 11.8. The third-order valence-electron chi connectivity index (χ3n) is 6.36. The summed E-state index contributed by atoms with van der Waals surface area (Å²) in [6.45, 7) is 0. The van der Waals surface area contributed by atoms with Crippen LogP contribution in [0.4, 0.5) is 28.4 Å². The van der Waals surface area contributed by atoms with Crippen LogP contribution in [0.3, 0.4) is 0 Å². The van der Waals surface area contributed by atoms with Gasteiger partial charge >= 0.3 is 5.36 Å². The molecular formula is C32H23N2O2+. The van der Waals surface area contributed by atoms with Crippen molar-refractivity contribution in [2.75, 3.05) is 4.90 Å². The van der Waals surface area contributed by atoms with Gasteiger partial charge < -0.3 is 10.0 Å². The third kappa shape index (κ3) is 3.65. The number of aromatic hydroxyl groups is 1. The van der Waals surface area contributed by atoms with Crippen LogP contribution in [0.5, 0.6) is 5.75 Å². The molecule has 0 amide bonds. The number of hydrogen-bond acceptors (Lipinski definition) is 3. The summed E-state index contributed by atoms with van der Waals surface area (Å²) in [7, 11) is 0. The highest BCUT2D eigenvalue weighted by molar-refractivity contribution is 5.90. The second kappa shape index (κ2) is 9.01. The van der Waals surface area contributed by atoms with Crippen molar-refractivity contribution in [3.63, 3.8) is 0 Å². The van der Waals surface area contributed by atoms with Gasteiger partial charge in [-0.1, -0.05) is 84.9 Å². The summed E-state index contributed by atoms with van der Waals surface area (Å²) >= 11 is 0. The molecule has 0 aliphatic rings. The molecule has 0 aliphatic heterocycles. The van der Waals surface area contributed by atoms with E-state index >= 15 is 0 Å². The van der Waals surface area contributed by atoms with E-state index in [1.165, 1.54) is 0 Å². The summed E-state index contributed by atoms with van der Waals surface area (Å²) in [4.78, 5) is 15.7. The zero-order valence-corrected chi connectivity index (χ0v) is 19.5. The van der Waals surface area contributed by atoms with Crippen molar-refractivity contribution >= 4 is 39.2 Å². The highest BCUT2D eigenvalue weighted by Gasteiger charge is 2.33. The van der Waals surface area contributed by atoms with E-state index < -0.39 is 0 Å². The fourth-order valence-electron chi connectivity index (χ4n) is 4.65. The topological polar surface area (TPSA) is 43.6 Å². The monoisotopic (exact) mass is 467 g/mol. The Morgan fingerprint density at radius 2 is 1.08 bits per heavy atom. The van der Waals surface area contributed by atoms with Crippen LogP contribution in [0.2, 0.25) is 0 Å². The lowest BCUT2D eigenvalue weighted by Crippen LogP contribution is -2.43. The van der Waals surface area contributed by atoms with Crippen molar-refractivity contribution in [2.24, 2.45) is 0 Å². The molecule has 4 nitrogen and oxygen atoms in total. The van der Waals surface area contributed by atoms with E-state index in [0.29, 0.717) is 0 Å². The molecule has 0 unspecified atom stereocenters. The fourth-order valence-corrected chi connectivity index (χ4v) is 4.65. The number of nitrogens with zero attached hydrogens (tertiary/aromatic N) is 2. The van der Waals surface area contributed by atoms with Crippen molar-refractivity contribution in [3.8, 4) is 5.75 Å². The molecular weight excluding hydrogens is 444 g/mol. The minimum absolute atomic E-state index is 0.0373.